The Morgan fingerprint density at radius 2 is 1.12 bits per heavy atom. The number of rotatable bonds is 9. The van der Waals surface area contributed by atoms with Crippen LogP contribution in [0.2, 0.25) is 0 Å². The van der Waals surface area contributed by atoms with Gasteiger partial charge in [-0.15, -0.1) is 0 Å². The molecule has 142 valence electrons. The highest BCUT2D eigenvalue weighted by Crippen LogP contribution is 2.30. The second-order valence-corrected chi connectivity index (χ2v) is 8.28. The Morgan fingerprint density at radius 1 is 0.708 bits per heavy atom. The third kappa shape index (κ3) is 6.99. The van der Waals surface area contributed by atoms with Crippen molar-refractivity contribution in [2.24, 2.45) is 0 Å². The van der Waals surface area contributed by atoms with Crippen molar-refractivity contribution in [1.29, 1.82) is 0 Å². The van der Waals surface area contributed by atoms with Crippen molar-refractivity contribution in [3.8, 4) is 0 Å². The Kier molecular flexibility index (Phi) is 9.02. The van der Waals surface area contributed by atoms with Crippen molar-refractivity contribution in [3.63, 3.8) is 0 Å². The number of nitrogens with zero attached hydrogens (tertiary/aromatic N) is 2. The molecule has 0 bridgehead atoms. The highest BCUT2D eigenvalue weighted by atomic mass is 16.3. The van der Waals surface area contributed by atoms with Gasteiger partial charge in [0.05, 0.1) is 12.2 Å². The fraction of sp³-hybridized carbons (Fsp3) is 1.00. The van der Waals surface area contributed by atoms with Crippen molar-refractivity contribution in [3.05, 3.63) is 0 Å². The van der Waals surface area contributed by atoms with Crippen molar-refractivity contribution < 1.29 is 10.2 Å². The van der Waals surface area contributed by atoms with Gasteiger partial charge in [-0.25, -0.2) is 0 Å². The summed E-state index contributed by atoms with van der Waals surface area (Å²) in [5, 5.41) is 19.5. The number of aliphatic hydroxyl groups excluding tert-OH is 2. The molecule has 2 N–H and O–H groups in total. The van der Waals surface area contributed by atoms with Crippen molar-refractivity contribution in [2.45, 2.75) is 102 Å². The van der Waals surface area contributed by atoms with Crippen molar-refractivity contribution >= 4 is 0 Å². The Bertz CT molecular complexity index is 296. The first-order chi connectivity index (χ1) is 11.6. The van der Waals surface area contributed by atoms with E-state index >= 15 is 0 Å². The van der Waals surface area contributed by atoms with Crippen LogP contribution in [-0.4, -0.2) is 70.5 Å². The minimum absolute atomic E-state index is 0.332. The van der Waals surface area contributed by atoms with Crippen LogP contribution in [0, 0.1) is 0 Å². The lowest BCUT2D eigenvalue weighted by atomic mass is 9.88. The van der Waals surface area contributed by atoms with Crippen molar-refractivity contribution in [1.82, 2.24) is 9.80 Å². The van der Waals surface area contributed by atoms with Gasteiger partial charge in [-0.2, -0.15) is 0 Å². The zero-order valence-electron chi connectivity index (χ0n) is 16.0. The molecule has 2 fully saturated rings. The maximum Gasteiger partial charge on any atom is 0.0639 e. The molecule has 24 heavy (non-hydrogen) atoms. The summed E-state index contributed by atoms with van der Waals surface area (Å²) in [6, 6.07) is 1.53. The molecular weight excluding hydrogens is 300 g/mol. The van der Waals surface area contributed by atoms with Crippen LogP contribution in [0.25, 0.3) is 0 Å². The van der Waals surface area contributed by atoms with E-state index < -0.39 is 0 Å². The Balaban J connectivity index is 1.94. The van der Waals surface area contributed by atoms with Crippen LogP contribution in [0.1, 0.15) is 78.1 Å². The third-order valence-electron chi connectivity index (χ3n) is 5.81. The largest absolute Gasteiger partial charge is 0.392 e. The van der Waals surface area contributed by atoms with Crippen LogP contribution in [0.3, 0.4) is 0 Å². The van der Waals surface area contributed by atoms with E-state index in [0.29, 0.717) is 13.1 Å². The smallest absolute Gasteiger partial charge is 0.0639 e. The quantitative estimate of drug-likeness (QED) is 0.677. The normalized spacial score (nSPS) is 23.8. The molecule has 2 unspecified atom stereocenters. The van der Waals surface area contributed by atoms with E-state index in [4.69, 9.17) is 0 Å². The molecule has 0 saturated heterocycles. The fourth-order valence-electron chi connectivity index (χ4n) is 4.75. The van der Waals surface area contributed by atoms with E-state index in [2.05, 4.69) is 9.80 Å². The number of aliphatic hydroxyl groups is 2. The molecule has 0 aromatic heterocycles. The summed E-state index contributed by atoms with van der Waals surface area (Å²) in [6.45, 7) is 7.06. The third-order valence-corrected chi connectivity index (χ3v) is 5.81. The summed E-state index contributed by atoms with van der Waals surface area (Å²) in [6.07, 6.45) is 13.2. The fourth-order valence-corrected chi connectivity index (χ4v) is 4.75. The molecule has 0 aliphatic heterocycles. The highest BCUT2D eigenvalue weighted by Gasteiger charge is 2.29. The Hall–Kier alpha value is -0.160. The molecule has 0 spiro atoms. The van der Waals surface area contributed by atoms with Gasteiger partial charge < -0.3 is 10.2 Å². The van der Waals surface area contributed by atoms with Crippen LogP contribution in [0.4, 0.5) is 0 Å². The minimum atomic E-state index is -0.332. The van der Waals surface area contributed by atoms with Gasteiger partial charge in [-0.1, -0.05) is 38.5 Å². The molecule has 2 atom stereocenters. The molecule has 2 saturated carbocycles. The van der Waals surface area contributed by atoms with E-state index in [1.165, 1.54) is 64.2 Å². The molecule has 2 rings (SSSR count). The summed E-state index contributed by atoms with van der Waals surface area (Å²) in [4.78, 5) is 5.06. The van der Waals surface area contributed by atoms with Crippen LogP contribution in [0.15, 0.2) is 0 Å². The maximum atomic E-state index is 9.76. The van der Waals surface area contributed by atoms with Gasteiger partial charge in [-0.05, 0) is 39.5 Å². The predicted molar refractivity (Wildman–Crippen MR) is 100 cm³/mol. The monoisotopic (exact) mass is 340 g/mol. The van der Waals surface area contributed by atoms with Gasteiger partial charge in [0, 0.05) is 38.3 Å². The maximum absolute atomic E-state index is 9.76. The summed E-state index contributed by atoms with van der Waals surface area (Å²) >= 11 is 0. The first-order valence-corrected chi connectivity index (χ1v) is 10.4. The van der Waals surface area contributed by atoms with E-state index in [-0.39, 0.29) is 12.2 Å². The van der Waals surface area contributed by atoms with Gasteiger partial charge in [0.25, 0.3) is 0 Å². The van der Waals surface area contributed by atoms with Gasteiger partial charge >= 0.3 is 0 Å². The van der Waals surface area contributed by atoms with E-state index in [1.807, 2.05) is 13.8 Å². The summed E-state index contributed by atoms with van der Waals surface area (Å²) in [5.41, 5.74) is 0. The first-order valence-electron chi connectivity index (χ1n) is 10.4. The second kappa shape index (κ2) is 10.7. The average Bonchev–Trinajstić information content (AvgIpc) is 2.56. The van der Waals surface area contributed by atoms with Crippen molar-refractivity contribution in [2.75, 3.05) is 26.2 Å². The van der Waals surface area contributed by atoms with Crippen LogP contribution < -0.4 is 0 Å². The molecule has 4 nitrogen and oxygen atoms in total. The molecule has 0 radical (unpaired) electrons. The minimum Gasteiger partial charge on any atom is -0.392 e. The van der Waals surface area contributed by atoms with Gasteiger partial charge in [0.1, 0.15) is 0 Å². The summed E-state index contributed by atoms with van der Waals surface area (Å²) in [5.74, 6) is 0. The molecule has 4 heteroatoms. The number of hydrogen-bond donors (Lipinski definition) is 2. The molecule has 0 amide bonds. The zero-order chi connectivity index (χ0) is 17.4. The molecule has 0 heterocycles. The first kappa shape index (κ1) is 20.2. The van der Waals surface area contributed by atoms with Gasteiger partial charge in [0.2, 0.25) is 0 Å². The second-order valence-electron chi connectivity index (χ2n) is 8.28. The molecule has 0 aromatic rings. The van der Waals surface area contributed by atoms with E-state index in [9.17, 15) is 10.2 Å². The lowest BCUT2D eigenvalue weighted by Crippen LogP contribution is -2.49. The SMILES string of the molecule is CC(O)CN(CCN(C1CCCCC1)C1CCCCC1)CC(C)O. The van der Waals surface area contributed by atoms with Gasteiger partial charge in [0.15, 0.2) is 0 Å². The van der Waals surface area contributed by atoms with Crippen LogP contribution in [-0.2, 0) is 0 Å². The van der Waals surface area contributed by atoms with E-state index in [0.717, 1.165) is 25.2 Å². The topological polar surface area (TPSA) is 46.9 Å². The molecule has 2 aliphatic carbocycles. The molecule has 2 aliphatic rings. The van der Waals surface area contributed by atoms with Crippen LogP contribution >= 0.6 is 0 Å². The highest BCUT2D eigenvalue weighted by molar-refractivity contribution is 4.84. The summed E-state index contributed by atoms with van der Waals surface area (Å²) in [7, 11) is 0. The molecular formula is C20H40N2O2. The Morgan fingerprint density at radius 3 is 1.50 bits per heavy atom. The Labute approximate surface area is 149 Å². The van der Waals surface area contributed by atoms with Gasteiger partial charge in [-0.3, -0.25) is 9.80 Å². The lowest BCUT2D eigenvalue weighted by molar-refractivity contribution is 0.0447. The lowest BCUT2D eigenvalue weighted by Gasteiger charge is -2.42. The van der Waals surface area contributed by atoms with Crippen LogP contribution in [0.5, 0.6) is 0 Å². The number of hydrogen-bond acceptors (Lipinski definition) is 4. The zero-order valence-corrected chi connectivity index (χ0v) is 16.0. The standard InChI is InChI=1S/C20H40N2O2/c1-17(23)15-21(16-18(2)24)13-14-22(19-9-5-3-6-10-19)20-11-7-4-8-12-20/h17-20,23-24H,3-16H2,1-2H3. The van der Waals surface area contributed by atoms with E-state index in [1.54, 1.807) is 0 Å². The predicted octanol–water partition coefficient (Wildman–Crippen LogP) is 3.02. The summed E-state index contributed by atoms with van der Waals surface area (Å²) < 4.78 is 0. The average molecular weight is 341 g/mol. The molecule has 0 aromatic carbocycles.